The van der Waals surface area contributed by atoms with E-state index in [0.29, 0.717) is 5.92 Å². The molecule has 0 spiro atoms. The summed E-state index contributed by atoms with van der Waals surface area (Å²) in [5.74, 6) is 0.508. The van der Waals surface area contributed by atoms with E-state index in [4.69, 9.17) is 0 Å². The molecule has 26 heavy (non-hydrogen) atoms. The van der Waals surface area contributed by atoms with E-state index < -0.39 is 0 Å². The van der Waals surface area contributed by atoms with Crippen molar-refractivity contribution in [1.29, 1.82) is 0 Å². The topological polar surface area (TPSA) is 3.24 Å². The highest BCUT2D eigenvalue weighted by Gasteiger charge is 2.18. The molecule has 0 bridgehead atoms. The zero-order valence-corrected chi connectivity index (χ0v) is 16.4. The lowest BCUT2D eigenvalue weighted by Crippen LogP contribution is -2.13. The monoisotopic (exact) mass is 343 g/mol. The Labute approximate surface area is 158 Å². The predicted octanol–water partition coefficient (Wildman–Crippen LogP) is 6.94. The minimum Gasteiger partial charge on any atom is -0.344 e. The largest absolute Gasteiger partial charge is 0.344 e. The van der Waals surface area contributed by atoms with Gasteiger partial charge in [-0.3, -0.25) is 0 Å². The summed E-state index contributed by atoms with van der Waals surface area (Å²) < 4.78 is 0. The molecule has 0 N–H and O–H groups in total. The van der Waals surface area contributed by atoms with Gasteiger partial charge in [-0.2, -0.15) is 0 Å². The van der Waals surface area contributed by atoms with Crippen molar-refractivity contribution in [2.75, 3.05) is 11.9 Å². The fraction of sp³-hybridized carbons (Fsp3) is 0.280. The maximum Gasteiger partial charge on any atom is 0.0446 e. The Balaban J connectivity index is 2.02. The van der Waals surface area contributed by atoms with Gasteiger partial charge in [0.2, 0.25) is 0 Å². The Morgan fingerprint density at radius 3 is 2.46 bits per heavy atom. The van der Waals surface area contributed by atoms with Crippen molar-refractivity contribution in [2.24, 2.45) is 5.92 Å². The van der Waals surface area contributed by atoms with Crippen molar-refractivity contribution >= 4 is 16.9 Å². The number of nitrogens with zero attached hydrogens (tertiary/aromatic N) is 1. The second-order valence-electron chi connectivity index (χ2n) is 7.29. The van der Waals surface area contributed by atoms with E-state index in [1.54, 1.807) is 0 Å². The smallest absolute Gasteiger partial charge is 0.0446 e. The highest BCUT2D eigenvalue weighted by molar-refractivity contribution is 5.76. The van der Waals surface area contributed by atoms with E-state index >= 15 is 0 Å². The van der Waals surface area contributed by atoms with Crippen LogP contribution in [0.5, 0.6) is 0 Å². The van der Waals surface area contributed by atoms with Gasteiger partial charge in [0, 0.05) is 18.4 Å². The summed E-state index contributed by atoms with van der Waals surface area (Å²) in [6.07, 6.45) is 6.62. The average Bonchev–Trinajstić information content (AvgIpc) is 2.67. The van der Waals surface area contributed by atoms with Crippen LogP contribution in [0.15, 0.2) is 78.4 Å². The van der Waals surface area contributed by atoms with Gasteiger partial charge in [-0.25, -0.2) is 0 Å². The SMILES string of the molecule is C=C(C)C1=CC=C(c2ccc(CC)c(N(C)c3ccccc3)c2)C(C)C1. The molecular weight excluding hydrogens is 314 g/mol. The van der Waals surface area contributed by atoms with Crippen molar-refractivity contribution in [1.82, 2.24) is 0 Å². The molecule has 1 unspecified atom stereocenters. The summed E-state index contributed by atoms with van der Waals surface area (Å²) in [7, 11) is 2.16. The molecule has 2 aromatic rings. The van der Waals surface area contributed by atoms with Crippen molar-refractivity contribution < 1.29 is 0 Å². The molecule has 0 saturated heterocycles. The van der Waals surface area contributed by atoms with Crippen LogP contribution in [0.4, 0.5) is 11.4 Å². The minimum absolute atomic E-state index is 0.508. The van der Waals surface area contributed by atoms with Crippen LogP contribution < -0.4 is 4.90 Å². The van der Waals surface area contributed by atoms with Crippen LogP contribution in [0, 0.1) is 5.92 Å². The van der Waals surface area contributed by atoms with Crippen LogP contribution in [-0.2, 0) is 6.42 Å². The molecule has 2 aromatic carbocycles. The Kier molecular flexibility index (Phi) is 5.46. The molecular formula is C25H29N. The molecule has 0 aromatic heterocycles. The van der Waals surface area contributed by atoms with E-state index in [-0.39, 0.29) is 0 Å². The maximum absolute atomic E-state index is 4.10. The Bertz CT molecular complexity index is 855. The second kappa shape index (κ2) is 7.78. The molecule has 0 saturated carbocycles. The zero-order chi connectivity index (χ0) is 18.7. The maximum atomic E-state index is 4.10. The van der Waals surface area contributed by atoms with Gasteiger partial charge in [0.15, 0.2) is 0 Å². The molecule has 1 aliphatic rings. The van der Waals surface area contributed by atoms with Gasteiger partial charge in [-0.1, -0.05) is 68.5 Å². The lowest BCUT2D eigenvalue weighted by Gasteiger charge is -2.26. The van der Waals surface area contributed by atoms with E-state index in [2.05, 4.69) is 100.0 Å². The number of aryl methyl sites for hydroxylation is 1. The van der Waals surface area contributed by atoms with E-state index in [9.17, 15) is 0 Å². The lowest BCUT2D eigenvalue weighted by molar-refractivity contribution is 0.732. The van der Waals surface area contributed by atoms with E-state index in [1.165, 1.54) is 39.2 Å². The van der Waals surface area contributed by atoms with Crippen molar-refractivity contribution in [3.63, 3.8) is 0 Å². The third-order valence-electron chi connectivity index (χ3n) is 5.37. The quantitative estimate of drug-likeness (QED) is 0.568. The summed E-state index contributed by atoms with van der Waals surface area (Å²) in [6, 6.07) is 17.5. The summed E-state index contributed by atoms with van der Waals surface area (Å²) in [5, 5.41) is 0. The standard InChI is InChI=1S/C25H29N/c1-6-20-12-13-22(24-15-14-21(18(2)3)16-19(24)4)17-25(20)26(5)23-10-8-7-9-11-23/h7-15,17,19H,2,6,16H2,1,3-5H3. The number of benzene rings is 2. The van der Waals surface area contributed by atoms with Gasteiger partial charge in [0.1, 0.15) is 0 Å². The molecule has 0 amide bonds. The molecule has 1 heteroatoms. The van der Waals surface area contributed by atoms with E-state index in [0.717, 1.165) is 12.8 Å². The van der Waals surface area contributed by atoms with Crippen molar-refractivity contribution in [3.05, 3.63) is 89.5 Å². The van der Waals surface area contributed by atoms with Crippen LogP contribution >= 0.6 is 0 Å². The highest BCUT2D eigenvalue weighted by atomic mass is 15.1. The third kappa shape index (κ3) is 3.67. The fourth-order valence-electron chi connectivity index (χ4n) is 3.71. The Hall–Kier alpha value is -2.54. The molecule has 0 fully saturated rings. The van der Waals surface area contributed by atoms with Crippen LogP contribution in [0.25, 0.3) is 5.57 Å². The van der Waals surface area contributed by atoms with Gasteiger partial charge < -0.3 is 4.90 Å². The Morgan fingerprint density at radius 1 is 1.12 bits per heavy atom. The van der Waals surface area contributed by atoms with Crippen molar-refractivity contribution in [2.45, 2.75) is 33.6 Å². The summed E-state index contributed by atoms with van der Waals surface area (Å²) in [4.78, 5) is 2.30. The first-order chi connectivity index (χ1) is 12.5. The number of para-hydroxylation sites is 1. The molecule has 0 aliphatic heterocycles. The van der Waals surface area contributed by atoms with Gasteiger partial charge in [0.05, 0.1) is 0 Å². The number of hydrogen-bond acceptors (Lipinski definition) is 1. The number of rotatable bonds is 5. The van der Waals surface area contributed by atoms with Gasteiger partial charge in [0.25, 0.3) is 0 Å². The first kappa shape index (κ1) is 18.3. The zero-order valence-electron chi connectivity index (χ0n) is 16.4. The first-order valence-electron chi connectivity index (χ1n) is 9.50. The van der Waals surface area contributed by atoms with Crippen molar-refractivity contribution in [3.8, 4) is 0 Å². The summed E-state index contributed by atoms with van der Waals surface area (Å²) >= 11 is 0. The summed E-state index contributed by atoms with van der Waals surface area (Å²) in [6.45, 7) is 10.7. The summed E-state index contributed by atoms with van der Waals surface area (Å²) in [5.41, 5.74) is 9.17. The number of hydrogen-bond donors (Lipinski definition) is 0. The molecule has 1 atom stereocenters. The van der Waals surface area contributed by atoms with Gasteiger partial charge in [-0.05, 0) is 66.2 Å². The Morgan fingerprint density at radius 2 is 1.85 bits per heavy atom. The first-order valence-corrected chi connectivity index (χ1v) is 9.50. The van der Waals surface area contributed by atoms with Crippen LogP contribution in [-0.4, -0.2) is 7.05 Å². The van der Waals surface area contributed by atoms with Gasteiger partial charge in [-0.15, -0.1) is 0 Å². The number of anilines is 2. The van der Waals surface area contributed by atoms with Crippen LogP contribution in [0.3, 0.4) is 0 Å². The molecule has 1 aliphatic carbocycles. The lowest BCUT2D eigenvalue weighted by atomic mass is 9.82. The second-order valence-corrected chi connectivity index (χ2v) is 7.29. The number of allylic oxidation sites excluding steroid dienone is 5. The molecule has 134 valence electrons. The molecule has 1 nitrogen and oxygen atoms in total. The van der Waals surface area contributed by atoms with Crippen LogP contribution in [0.1, 0.15) is 38.3 Å². The normalized spacial score (nSPS) is 16.7. The molecule has 0 heterocycles. The predicted molar refractivity (Wildman–Crippen MR) is 115 cm³/mol. The average molecular weight is 344 g/mol. The fourth-order valence-corrected chi connectivity index (χ4v) is 3.71. The van der Waals surface area contributed by atoms with Crippen LogP contribution in [0.2, 0.25) is 0 Å². The van der Waals surface area contributed by atoms with E-state index in [1.807, 2.05) is 0 Å². The minimum atomic E-state index is 0.508. The van der Waals surface area contributed by atoms with Gasteiger partial charge >= 0.3 is 0 Å². The highest BCUT2D eigenvalue weighted by Crippen LogP contribution is 2.37. The molecule has 3 rings (SSSR count). The third-order valence-corrected chi connectivity index (χ3v) is 5.37. The molecule has 0 radical (unpaired) electrons.